The van der Waals surface area contributed by atoms with Gasteiger partial charge in [-0.25, -0.2) is 0 Å². The van der Waals surface area contributed by atoms with Gasteiger partial charge in [-0.05, 0) is 33.1 Å². The fourth-order valence-corrected chi connectivity index (χ4v) is 1.00. The van der Waals surface area contributed by atoms with Crippen molar-refractivity contribution in [3.05, 3.63) is 23.8 Å². The second kappa shape index (κ2) is 12.5. The molecule has 84 valence electrons. The summed E-state index contributed by atoms with van der Waals surface area (Å²) in [7, 11) is 0. The van der Waals surface area contributed by atoms with Gasteiger partial charge in [0, 0.05) is 0 Å². The van der Waals surface area contributed by atoms with Crippen molar-refractivity contribution in [3.8, 4) is 0 Å². The maximum absolute atomic E-state index is 2.22. The fourth-order valence-electron chi connectivity index (χ4n) is 1.00. The smallest absolute Gasteiger partial charge is 0.0265 e. The van der Waals surface area contributed by atoms with Crippen LogP contribution in [-0.2, 0) is 0 Å². The molecule has 0 heteroatoms. The molecule has 0 heterocycles. The molecule has 0 aromatic carbocycles. The third-order valence-corrected chi connectivity index (χ3v) is 2.30. The average Bonchev–Trinajstić information content (AvgIpc) is 2.19. The molecule has 1 atom stereocenters. The summed E-state index contributed by atoms with van der Waals surface area (Å²) in [6.45, 7) is 12.9. The molecule has 0 aliphatic heterocycles. The Morgan fingerprint density at radius 2 is 1.79 bits per heavy atom. The van der Waals surface area contributed by atoms with Crippen LogP contribution >= 0.6 is 0 Å². The van der Waals surface area contributed by atoms with Crippen molar-refractivity contribution in [3.63, 3.8) is 0 Å². The molecule has 0 saturated carbocycles. The van der Waals surface area contributed by atoms with Crippen LogP contribution in [0.4, 0.5) is 0 Å². The Kier molecular flexibility index (Phi) is 14.2. The van der Waals surface area contributed by atoms with Gasteiger partial charge in [-0.3, -0.25) is 0 Å². The first-order valence-corrected chi connectivity index (χ1v) is 5.86. The number of hydrogen-bond donors (Lipinski definition) is 0. The van der Waals surface area contributed by atoms with E-state index in [1.807, 2.05) is 0 Å². The standard InChI is InChI=1S/2C7H14/c2*1-4-6-7(3)5-2/h5H,4,6H2,1-3H3;4,6-7H,5H2,1-3H3. The number of hydrogen-bond acceptors (Lipinski definition) is 0. The van der Waals surface area contributed by atoms with Crippen LogP contribution in [0.25, 0.3) is 0 Å². The molecule has 0 aliphatic rings. The Hall–Kier alpha value is -0.520. The van der Waals surface area contributed by atoms with Crippen molar-refractivity contribution in [2.45, 2.75) is 60.8 Å². The van der Waals surface area contributed by atoms with Crippen molar-refractivity contribution in [1.29, 1.82) is 0 Å². The molecule has 0 aromatic heterocycles. The first-order valence-electron chi connectivity index (χ1n) is 5.86. The number of allylic oxidation sites excluding steroid dienone is 4. The highest BCUT2D eigenvalue weighted by atomic mass is 13.9. The molecule has 0 aliphatic carbocycles. The molecule has 1 unspecified atom stereocenters. The summed E-state index contributed by atoms with van der Waals surface area (Å²) in [5.74, 6) is 0.769. The predicted molar refractivity (Wildman–Crippen MR) is 68.6 cm³/mol. The topological polar surface area (TPSA) is 0 Å². The van der Waals surface area contributed by atoms with E-state index in [0.29, 0.717) is 0 Å². The Bertz CT molecular complexity index is 151. The third kappa shape index (κ3) is 14.0. The Morgan fingerprint density at radius 1 is 1.21 bits per heavy atom. The highest BCUT2D eigenvalue weighted by Crippen LogP contribution is 2.00. The maximum atomic E-state index is 2.22. The zero-order chi connectivity index (χ0) is 11.4. The van der Waals surface area contributed by atoms with E-state index in [-0.39, 0.29) is 0 Å². The zero-order valence-electron chi connectivity index (χ0n) is 10.9. The highest BCUT2D eigenvalue weighted by Gasteiger charge is 1.86. The van der Waals surface area contributed by atoms with Gasteiger partial charge in [-0.1, -0.05) is 57.4 Å². The lowest BCUT2D eigenvalue weighted by molar-refractivity contribution is 0.697. The van der Waals surface area contributed by atoms with Gasteiger partial charge in [0.2, 0.25) is 0 Å². The van der Waals surface area contributed by atoms with Gasteiger partial charge in [0.25, 0.3) is 0 Å². The molecule has 0 bridgehead atoms. The van der Waals surface area contributed by atoms with Crippen LogP contribution in [0.1, 0.15) is 60.8 Å². The van der Waals surface area contributed by atoms with Crippen LogP contribution in [-0.4, -0.2) is 0 Å². The summed E-state index contributed by atoms with van der Waals surface area (Å²) < 4.78 is 0. The van der Waals surface area contributed by atoms with Crippen molar-refractivity contribution >= 4 is 0 Å². The van der Waals surface area contributed by atoms with Crippen LogP contribution in [0, 0.1) is 5.92 Å². The van der Waals surface area contributed by atoms with Crippen molar-refractivity contribution < 1.29 is 0 Å². The lowest BCUT2D eigenvalue weighted by Gasteiger charge is -1.95. The van der Waals surface area contributed by atoms with E-state index in [1.54, 1.807) is 0 Å². The molecule has 0 spiro atoms. The second-order valence-electron chi connectivity index (χ2n) is 3.80. The zero-order valence-corrected chi connectivity index (χ0v) is 10.9. The number of rotatable bonds is 4. The first-order chi connectivity index (χ1) is 6.62. The summed E-state index contributed by atoms with van der Waals surface area (Å²) in [6.07, 6.45) is 10.3. The van der Waals surface area contributed by atoms with E-state index in [1.165, 1.54) is 24.8 Å². The quantitative estimate of drug-likeness (QED) is 0.531. The lowest BCUT2D eigenvalue weighted by Crippen LogP contribution is -1.81. The monoisotopic (exact) mass is 196 g/mol. The van der Waals surface area contributed by atoms with Crippen LogP contribution < -0.4 is 0 Å². The SMILES string of the molecule is CC=C(C)CCC.CC=CC(C)CC. The first kappa shape index (κ1) is 15.9. The molecule has 0 radical (unpaired) electrons. The van der Waals surface area contributed by atoms with Crippen LogP contribution in [0.2, 0.25) is 0 Å². The molecular formula is C14H28. The summed E-state index contributed by atoms with van der Waals surface area (Å²) in [6, 6.07) is 0. The van der Waals surface area contributed by atoms with E-state index in [4.69, 9.17) is 0 Å². The molecule has 0 saturated heterocycles. The van der Waals surface area contributed by atoms with Gasteiger partial charge < -0.3 is 0 Å². The highest BCUT2D eigenvalue weighted by molar-refractivity contribution is 4.94. The molecule has 0 nitrogen and oxygen atoms in total. The normalized spacial score (nSPS) is 13.7. The van der Waals surface area contributed by atoms with E-state index < -0.39 is 0 Å². The maximum Gasteiger partial charge on any atom is -0.0265 e. The van der Waals surface area contributed by atoms with Crippen molar-refractivity contribution in [2.24, 2.45) is 5.92 Å². The molecule has 0 amide bonds. The molecule has 0 N–H and O–H groups in total. The van der Waals surface area contributed by atoms with E-state index in [2.05, 4.69) is 59.8 Å². The van der Waals surface area contributed by atoms with Gasteiger partial charge in [-0.15, -0.1) is 0 Å². The fraction of sp³-hybridized carbons (Fsp3) is 0.714. The minimum atomic E-state index is 0.769. The average molecular weight is 196 g/mol. The minimum Gasteiger partial charge on any atom is -0.0914 e. The Balaban J connectivity index is 0. The third-order valence-electron chi connectivity index (χ3n) is 2.30. The lowest BCUT2D eigenvalue weighted by atomic mass is 10.1. The minimum absolute atomic E-state index is 0.769. The molecule has 0 fully saturated rings. The van der Waals surface area contributed by atoms with Gasteiger partial charge in [0.1, 0.15) is 0 Å². The van der Waals surface area contributed by atoms with Gasteiger partial charge in [-0.2, -0.15) is 0 Å². The Labute approximate surface area is 91.1 Å². The summed E-state index contributed by atoms with van der Waals surface area (Å²) in [5, 5.41) is 0. The van der Waals surface area contributed by atoms with E-state index in [0.717, 1.165) is 5.92 Å². The van der Waals surface area contributed by atoms with Gasteiger partial charge >= 0.3 is 0 Å². The van der Waals surface area contributed by atoms with Crippen molar-refractivity contribution in [1.82, 2.24) is 0 Å². The largest absolute Gasteiger partial charge is 0.0914 e. The van der Waals surface area contributed by atoms with E-state index >= 15 is 0 Å². The van der Waals surface area contributed by atoms with Crippen LogP contribution in [0.3, 0.4) is 0 Å². The molecular weight excluding hydrogens is 168 g/mol. The van der Waals surface area contributed by atoms with Crippen LogP contribution in [0.15, 0.2) is 23.8 Å². The summed E-state index contributed by atoms with van der Waals surface area (Å²) in [5.41, 5.74) is 1.50. The van der Waals surface area contributed by atoms with Gasteiger partial charge in [0.15, 0.2) is 0 Å². The van der Waals surface area contributed by atoms with Gasteiger partial charge in [0.05, 0.1) is 0 Å². The Morgan fingerprint density at radius 3 is 1.93 bits per heavy atom. The van der Waals surface area contributed by atoms with Crippen molar-refractivity contribution in [2.75, 3.05) is 0 Å². The molecule has 14 heavy (non-hydrogen) atoms. The summed E-state index contributed by atoms with van der Waals surface area (Å²) >= 11 is 0. The van der Waals surface area contributed by atoms with Crippen LogP contribution in [0.5, 0.6) is 0 Å². The predicted octanol–water partition coefficient (Wildman–Crippen LogP) is 5.36. The molecule has 0 rings (SSSR count). The second-order valence-corrected chi connectivity index (χ2v) is 3.80. The summed E-state index contributed by atoms with van der Waals surface area (Å²) in [4.78, 5) is 0. The molecule has 0 aromatic rings. The van der Waals surface area contributed by atoms with E-state index in [9.17, 15) is 0 Å².